The molecular weight excluding hydrogens is 303 g/mol. The molecule has 1 saturated heterocycles. The Morgan fingerprint density at radius 1 is 1.16 bits per heavy atom. The number of hydrogen-bond donors (Lipinski definition) is 1. The second kappa shape index (κ2) is 6.09. The topological polar surface area (TPSA) is 15.3 Å². The lowest BCUT2D eigenvalue weighted by Gasteiger charge is -2.40. The van der Waals surface area contributed by atoms with Crippen molar-refractivity contribution in [1.82, 2.24) is 4.90 Å². The first kappa shape index (κ1) is 15.2. The van der Waals surface area contributed by atoms with Crippen LogP contribution in [0.5, 0.6) is 0 Å². The van der Waals surface area contributed by atoms with E-state index in [4.69, 9.17) is 34.8 Å². The zero-order valence-corrected chi connectivity index (χ0v) is 13.6. The molecule has 106 valence electrons. The quantitative estimate of drug-likeness (QED) is 0.842. The highest BCUT2D eigenvalue weighted by Crippen LogP contribution is 2.36. The van der Waals surface area contributed by atoms with Crippen molar-refractivity contribution in [2.24, 2.45) is 5.92 Å². The van der Waals surface area contributed by atoms with Crippen LogP contribution in [0.2, 0.25) is 15.1 Å². The smallest absolute Gasteiger partial charge is 0.0722 e. The molecule has 0 saturated carbocycles. The standard InChI is InChI=1S/C14H19Cl3N2/c1-8-7-19(3)9(2)4-13(8)18-14-11(16)5-10(15)6-12(14)17/h5-6,8-9,13,18H,4,7H2,1-3H3. The van der Waals surface area contributed by atoms with Crippen LogP contribution in [0, 0.1) is 5.92 Å². The Kier molecular flexibility index (Phi) is 4.88. The summed E-state index contributed by atoms with van der Waals surface area (Å²) in [6.07, 6.45) is 1.08. The van der Waals surface area contributed by atoms with E-state index in [0.29, 0.717) is 33.1 Å². The van der Waals surface area contributed by atoms with Crippen LogP contribution in [0.15, 0.2) is 12.1 Å². The molecule has 19 heavy (non-hydrogen) atoms. The predicted octanol–water partition coefficient (Wildman–Crippen LogP) is 4.79. The van der Waals surface area contributed by atoms with Gasteiger partial charge in [0.2, 0.25) is 0 Å². The molecule has 0 bridgehead atoms. The monoisotopic (exact) mass is 320 g/mol. The lowest BCUT2D eigenvalue weighted by Crippen LogP contribution is -2.48. The summed E-state index contributed by atoms with van der Waals surface area (Å²) in [5.74, 6) is 0.545. The molecule has 1 aliphatic rings. The summed E-state index contributed by atoms with van der Waals surface area (Å²) in [6.45, 7) is 5.56. The number of nitrogens with zero attached hydrogens (tertiary/aromatic N) is 1. The predicted molar refractivity (Wildman–Crippen MR) is 84.8 cm³/mol. The molecule has 1 aromatic rings. The van der Waals surface area contributed by atoms with Crippen molar-refractivity contribution in [1.29, 1.82) is 0 Å². The highest BCUT2D eigenvalue weighted by Gasteiger charge is 2.29. The van der Waals surface area contributed by atoms with Crippen LogP contribution in [0.3, 0.4) is 0 Å². The molecule has 5 heteroatoms. The first-order chi connectivity index (χ1) is 8.88. The van der Waals surface area contributed by atoms with E-state index < -0.39 is 0 Å². The molecular formula is C14H19Cl3N2. The Balaban J connectivity index is 2.17. The van der Waals surface area contributed by atoms with Gasteiger partial charge in [0.05, 0.1) is 15.7 Å². The molecule has 0 amide bonds. The zero-order valence-electron chi connectivity index (χ0n) is 11.4. The molecule has 0 spiro atoms. The Morgan fingerprint density at radius 3 is 2.32 bits per heavy atom. The minimum atomic E-state index is 0.377. The second-order valence-electron chi connectivity index (χ2n) is 5.50. The van der Waals surface area contributed by atoms with Gasteiger partial charge in [-0.15, -0.1) is 0 Å². The van der Waals surface area contributed by atoms with Crippen LogP contribution < -0.4 is 5.32 Å². The SMILES string of the molecule is CC1CN(C)C(C)CC1Nc1c(Cl)cc(Cl)cc1Cl. The Morgan fingerprint density at radius 2 is 1.74 bits per heavy atom. The zero-order chi connectivity index (χ0) is 14.2. The lowest BCUT2D eigenvalue weighted by molar-refractivity contribution is 0.145. The fourth-order valence-corrected chi connectivity index (χ4v) is 3.53. The number of nitrogens with one attached hydrogen (secondary N) is 1. The average molecular weight is 322 g/mol. The van der Waals surface area contributed by atoms with Gasteiger partial charge in [-0.05, 0) is 38.4 Å². The lowest BCUT2D eigenvalue weighted by atomic mass is 9.89. The van der Waals surface area contributed by atoms with E-state index >= 15 is 0 Å². The average Bonchev–Trinajstić information content (AvgIpc) is 2.29. The first-order valence-corrected chi connectivity index (χ1v) is 7.63. The van der Waals surface area contributed by atoms with Gasteiger partial charge in [0, 0.05) is 23.7 Å². The third-order valence-electron chi connectivity index (χ3n) is 3.95. The number of rotatable bonds is 2. The summed E-state index contributed by atoms with van der Waals surface area (Å²) in [5.41, 5.74) is 0.793. The maximum absolute atomic E-state index is 6.22. The van der Waals surface area contributed by atoms with Crippen LogP contribution in [0.25, 0.3) is 0 Å². The molecule has 3 unspecified atom stereocenters. The van der Waals surface area contributed by atoms with Crippen molar-refractivity contribution < 1.29 is 0 Å². The molecule has 3 atom stereocenters. The molecule has 1 aromatic carbocycles. The Labute approximate surface area is 130 Å². The maximum Gasteiger partial charge on any atom is 0.0722 e. The molecule has 1 fully saturated rings. The van der Waals surface area contributed by atoms with Gasteiger partial charge >= 0.3 is 0 Å². The van der Waals surface area contributed by atoms with Gasteiger partial charge in [0.15, 0.2) is 0 Å². The van der Waals surface area contributed by atoms with Gasteiger partial charge in [0.25, 0.3) is 0 Å². The van der Waals surface area contributed by atoms with Crippen LogP contribution in [0.1, 0.15) is 20.3 Å². The van der Waals surface area contributed by atoms with E-state index in [1.165, 1.54) is 0 Å². The molecule has 0 aliphatic carbocycles. The highest BCUT2D eigenvalue weighted by molar-refractivity contribution is 6.41. The minimum absolute atomic E-state index is 0.377. The second-order valence-corrected chi connectivity index (χ2v) is 6.75. The summed E-state index contributed by atoms with van der Waals surface area (Å²) in [4.78, 5) is 2.38. The Hall–Kier alpha value is -0.150. The molecule has 1 heterocycles. The number of hydrogen-bond acceptors (Lipinski definition) is 2. The number of halogens is 3. The van der Waals surface area contributed by atoms with Crippen molar-refractivity contribution in [2.45, 2.75) is 32.4 Å². The van der Waals surface area contributed by atoms with Crippen LogP contribution in [0.4, 0.5) is 5.69 Å². The summed E-state index contributed by atoms with van der Waals surface area (Å²) < 4.78 is 0. The van der Waals surface area contributed by atoms with Crippen molar-refractivity contribution in [3.05, 3.63) is 27.2 Å². The van der Waals surface area contributed by atoms with Crippen molar-refractivity contribution in [3.63, 3.8) is 0 Å². The fraction of sp³-hybridized carbons (Fsp3) is 0.571. The van der Waals surface area contributed by atoms with Gasteiger partial charge in [-0.1, -0.05) is 41.7 Å². The molecule has 0 radical (unpaired) electrons. The van der Waals surface area contributed by atoms with Crippen LogP contribution in [-0.2, 0) is 0 Å². The van der Waals surface area contributed by atoms with Crippen molar-refractivity contribution >= 4 is 40.5 Å². The molecule has 2 nitrogen and oxygen atoms in total. The van der Waals surface area contributed by atoms with Gasteiger partial charge in [-0.3, -0.25) is 0 Å². The van der Waals surface area contributed by atoms with Gasteiger partial charge in [-0.2, -0.15) is 0 Å². The van der Waals surface area contributed by atoms with Gasteiger partial charge in [-0.25, -0.2) is 0 Å². The van der Waals surface area contributed by atoms with E-state index in [1.54, 1.807) is 12.1 Å². The summed E-state index contributed by atoms with van der Waals surface area (Å²) in [5, 5.41) is 5.22. The van der Waals surface area contributed by atoms with Crippen LogP contribution in [-0.4, -0.2) is 30.6 Å². The van der Waals surface area contributed by atoms with E-state index in [1.807, 2.05) is 0 Å². The van der Waals surface area contributed by atoms with Crippen LogP contribution >= 0.6 is 34.8 Å². The Bertz CT molecular complexity index is 441. The van der Waals surface area contributed by atoms with Crippen molar-refractivity contribution in [2.75, 3.05) is 18.9 Å². The summed E-state index contributed by atoms with van der Waals surface area (Å²) >= 11 is 18.4. The molecule has 1 N–H and O–H groups in total. The van der Waals surface area contributed by atoms with Crippen molar-refractivity contribution in [3.8, 4) is 0 Å². The van der Waals surface area contributed by atoms with Gasteiger partial charge < -0.3 is 10.2 Å². The molecule has 2 rings (SSSR count). The fourth-order valence-electron chi connectivity index (χ4n) is 2.61. The number of benzene rings is 1. The molecule has 1 aliphatic heterocycles. The molecule has 0 aromatic heterocycles. The highest BCUT2D eigenvalue weighted by atomic mass is 35.5. The third-order valence-corrected chi connectivity index (χ3v) is 4.76. The maximum atomic E-state index is 6.22. The normalized spacial score (nSPS) is 28.4. The summed E-state index contributed by atoms with van der Waals surface area (Å²) in [6, 6.07) is 4.38. The number of piperidine rings is 1. The summed E-state index contributed by atoms with van der Waals surface area (Å²) in [7, 11) is 2.17. The third kappa shape index (κ3) is 3.49. The van der Waals surface area contributed by atoms with E-state index in [-0.39, 0.29) is 0 Å². The largest absolute Gasteiger partial charge is 0.380 e. The van der Waals surface area contributed by atoms with E-state index in [0.717, 1.165) is 18.7 Å². The minimum Gasteiger partial charge on any atom is -0.380 e. The first-order valence-electron chi connectivity index (χ1n) is 6.49. The number of anilines is 1. The van der Waals surface area contributed by atoms with Gasteiger partial charge in [0.1, 0.15) is 0 Å². The van der Waals surface area contributed by atoms with E-state index in [9.17, 15) is 0 Å². The van der Waals surface area contributed by atoms with E-state index in [2.05, 4.69) is 31.1 Å². The number of likely N-dealkylation sites (tertiary alicyclic amines) is 1.